The first kappa shape index (κ1) is 13.8. The largest absolute Gasteiger partial charge is 0.341 e. The van der Waals surface area contributed by atoms with Crippen LogP contribution in [0.25, 0.3) is 0 Å². The van der Waals surface area contributed by atoms with Gasteiger partial charge in [-0.3, -0.25) is 9.69 Å². The maximum absolute atomic E-state index is 12.1. The van der Waals surface area contributed by atoms with E-state index in [-0.39, 0.29) is 11.4 Å². The molecular weight excluding hydrogens is 226 g/mol. The van der Waals surface area contributed by atoms with Crippen molar-refractivity contribution in [2.24, 2.45) is 5.73 Å². The predicted octanol–water partition coefficient (Wildman–Crippen LogP) is 1.20. The van der Waals surface area contributed by atoms with Crippen molar-refractivity contribution < 1.29 is 4.79 Å². The van der Waals surface area contributed by atoms with Crippen molar-refractivity contribution >= 4 is 5.91 Å². The third-order valence-corrected chi connectivity index (χ3v) is 4.16. The average molecular weight is 253 g/mol. The molecule has 0 aromatic carbocycles. The quantitative estimate of drug-likeness (QED) is 0.819. The van der Waals surface area contributed by atoms with E-state index in [4.69, 9.17) is 5.73 Å². The van der Waals surface area contributed by atoms with Gasteiger partial charge >= 0.3 is 0 Å². The minimum Gasteiger partial charge on any atom is -0.341 e. The molecule has 0 radical (unpaired) electrons. The molecule has 0 aromatic rings. The van der Waals surface area contributed by atoms with Gasteiger partial charge in [0, 0.05) is 31.1 Å². The number of carbonyl (C=O) groups is 1. The smallest absolute Gasteiger partial charge is 0.222 e. The summed E-state index contributed by atoms with van der Waals surface area (Å²) in [7, 11) is 0. The van der Waals surface area contributed by atoms with Crippen LogP contribution < -0.4 is 5.73 Å². The van der Waals surface area contributed by atoms with Crippen molar-refractivity contribution in [2.45, 2.75) is 57.5 Å². The first-order valence-electron chi connectivity index (χ1n) is 7.26. The summed E-state index contributed by atoms with van der Waals surface area (Å²) >= 11 is 0. The minimum atomic E-state index is -0.232. The van der Waals surface area contributed by atoms with Gasteiger partial charge in [-0.05, 0) is 52.6 Å². The third kappa shape index (κ3) is 3.69. The van der Waals surface area contributed by atoms with Crippen molar-refractivity contribution in [3.8, 4) is 0 Å². The van der Waals surface area contributed by atoms with Crippen LogP contribution in [0.5, 0.6) is 0 Å². The highest BCUT2D eigenvalue weighted by Crippen LogP contribution is 2.21. The lowest BCUT2D eigenvalue weighted by molar-refractivity contribution is -0.130. The van der Waals surface area contributed by atoms with Gasteiger partial charge in [-0.15, -0.1) is 0 Å². The molecule has 2 N–H and O–H groups in total. The second kappa shape index (κ2) is 5.57. The van der Waals surface area contributed by atoms with Crippen molar-refractivity contribution in [3.63, 3.8) is 0 Å². The van der Waals surface area contributed by atoms with E-state index in [0.717, 1.165) is 25.9 Å². The third-order valence-electron chi connectivity index (χ3n) is 4.16. The van der Waals surface area contributed by atoms with Gasteiger partial charge in [0.25, 0.3) is 0 Å². The molecule has 0 spiro atoms. The second-order valence-corrected chi connectivity index (χ2v) is 6.51. The molecule has 0 aliphatic carbocycles. The van der Waals surface area contributed by atoms with Crippen LogP contribution in [0.2, 0.25) is 0 Å². The molecule has 1 amide bonds. The van der Waals surface area contributed by atoms with Gasteiger partial charge in [0.1, 0.15) is 0 Å². The summed E-state index contributed by atoms with van der Waals surface area (Å²) in [6.07, 6.45) is 5.17. The summed E-state index contributed by atoms with van der Waals surface area (Å²) in [5.41, 5.74) is 5.70. The molecule has 2 rings (SSSR count). The topological polar surface area (TPSA) is 49.6 Å². The number of rotatable bonds is 4. The van der Waals surface area contributed by atoms with Gasteiger partial charge in [0.05, 0.1) is 0 Å². The lowest BCUT2D eigenvalue weighted by atomic mass is 10.00. The molecule has 4 nitrogen and oxygen atoms in total. The highest BCUT2D eigenvalue weighted by molar-refractivity contribution is 5.76. The predicted molar refractivity (Wildman–Crippen MR) is 73.3 cm³/mol. The first-order valence-corrected chi connectivity index (χ1v) is 7.26. The molecule has 2 heterocycles. The first-order chi connectivity index (χ1) is 8.46. The Labute approximate surface area is 110 Å². The summed E-state index contributed by atoms with van der Waals surface area (Å²) in [5, 5.41) is 0. The van der Waals surface area contributed by atoms with Crippen LogP contribution in [0.15, 0.2) is 0 Å². The van der Waals surface area contributed by atoms with Gasteiger partial charge in [-0.1, -0.05) is 0 Å². The lowest BCUT2D eigenvalue weighted by Crippen LogP contribution is -2.38. The minimum absolute atomic E-state index is 0.232. The Bertz CT molecular complexity index is 292. The molecule has 2 saturated heterocycles. The average Bonchev–Trinajstić information content (AvgIpc) is 2.94. The SMILES string of the molecule is CC(C)(N)CCC(=O)N1CCC(N2CCCC2)C1. The number of carbonyl (C=O) groups excluding carboxylic acids is 1. The molecule has 0 aromatic heterocycles. The van der Waals surface area contributed by atoms with Crippen molar-refractivity contribution in [3.05, 3.63) is 0 Å². The maximum atomic E-state index is 12.1. The maximum Gasteiger partial charge on any atom is 0.222 e. The summed E-state index contributed by atoms with van der Waals surface area (Å²) in [4.78, 5) is 16.7. The molecule has 1 unspecified atom stereocenters. The monoisotopic (exact) mass is 253 g/mol. The summed E-state index contributed by atoms with van der Waals surface area (Å²) in [6, 6.07) is 0.613. The van der Waals surface area contributed by atoms with E-state index in [1.165, 1.54) is 25.9 Å². The van der Waals surface area contributed by atoms with E-state index in [1.807, 2.05) is 18.7 Å². The Morgan fingerprint density at radius 3 is 2.56 bits per heavy atom. The Balaban J connectivity index is 1.75. The zero-order valence-electron chi connectivity index (χ0n) is 11.8. The van der Waals surface area contributed by atoms with E-state index < -0.39 is 0 Å². The second-order valence-electron chi connectivity index (χ2n) is 6.51. The van der Waals surface area contributed by atoms with Crippen molar-refractivity contribution in [1.82, 2.24) is 9.80 Å². The Kier molecular flexibility index (Phi) is 4.28. The van der Waals surface area contributed by atoms with Gasteiger partial charge in [0.15, 0.2) is 0 Å². The molecule has 0 bridgehead atoms. The highest BCUT2D eigenvalue weighted by Gasteiger charge is 2.31. The molecule has 2 aliphatic heterocycles. The van der Waals surface area contributed by atoms with Gasteiger partial charge in [-0.25, -0.2) is 0 Å². The molecule has 4 heteroatoms. The van der Waals surface area contributed by atoms with Crippen LogP contribution in [-0.4, -0.2) is 53.5 Å². The Morgan fingerprint density at radius 2 is 1.94 bits per heavy atom. The van der Waals surface area contributed by atoms with Crippen molar-refractivity contribution in [1.29, 1.82) is 0 Å². The van der Waals surface area contributed by atoms with E-state index in [0.29, 0.717) is 12.5 Å². The molecule has 104 valence electrons. The zero-order valence-corrected chi connectivity index (χ0v) is 11.8. The van der Waals surface area contributed by atoms with E-state index in [1.54, 1.807) is 0 Å². The van der Waals surface area contributed by atoms with Crippen LogP contribution in [0.4, 0.5) is 0 Å². The fourth-order valence-electron chi connectivity index (χ4n) is 2.96. The van der Waals surface area contributed by atoms with E-state index in [2.05, 4.69) is 4.90 Å². The molecule has 2 fully saturated rings. The fourth-order valence-corrected chi connectivity index (χ4v) is 2.96. The number of nitrogens with two attached hydrogens (primary N) is 1. The van der Waals surface area contributed by atoms with Crippen molar-refractivity contribution in [2.75, 3.05) is 26.2 Å². The molecular formula is C14H27N3O. The molecule has 18 heavy (non-hydrogen) atoms. The molecule has 1 atom stereocenters. The van der Waals surface area contributed by atoms with Gasteiger partial charge < -0.3 is 10.6 Å². The van der Waals surface area contributed by atoms with Crippen LogP contribution in [0.3, 0.4) is 0 Å². The normalized spacial score (nSPS) is 25.9. The number of hydrogen-bond donors (Lipinski definition) is 1. The fraction of sp³-hybridized carbons (Fsp3) is 0.929. The van der Waals surface area contributed by atoms with Gasteiger partial charge in [-0.2, -0.15) is 0 Å². The number of likely N-dealkylation sites (tertiary alicyclic amines) is 2. The number of hydrogen-bond acceptors (Lipinski definition) is 3. The van der Waals surface area contributed by atoms with Gasteiger partial charge in [0.2, 0.25) is 5.91 Å². The van der Waals surface area contributed by atoms with E-state index >= 15 is 0 Å². The number of nitrogens with zero attached hydrogens (tertiary/aromatic N) is 2. The van der Waals surface area contributed by atoms with E-state index in [9.17, 15) is 4.79 Å². The highest BCUT2D eigenvalue weighted by atomic mass is 16.2. The summed E-state index contributed by atoms with van der Waals surface area (Å²) < 4.78 is 0. The standard InChI is InChI=1S/C14H27N3O/c1-14(2,15)7-5-13(18)17-10-6-12(11-17)16-8-3-4-9-16/h12H,3-11,15H2,1-2H3. The lowest BCUT2D eigenvalue weighted by Gasteiger charge is -2.24. The van der Waals surface area contributed by atoms with Crippen LogP contribution in [0.1, 0.15) is 46.0 Å². The van der Waals surface area contributed by atoms with Crippen LogP contribution in [0, 0.1) is 0 Å². The number of amides is 1. The molecule has 0 saturated carbocycles. The Morgan fingerprint density at radius 1 is 1.28 bits per heavy atom. The van der Waals surface area contributed by atoms with Crippen LogP contribution >= 0.6 is 0 Å². The Hall–Kier alpha value is -0.610. The zero-order chi connectivity index (χ0) is 13.2. The molecule has 2 aliphatic rings. The van der Waals surface area contributed by atoms with Crippen LogP contribution in [-0.2, 0) is 4.79 Å². The summed E-state index contributed by atoms with van der Waals surface area (Å²) in [6.45, 7) is 8.29. The summed E-state index contributed by atoms with van der Waals surface area (Å²) in [5.74, 6) is 0.287.